The van der Waals surface area contributed by atoms with Gasteiger partial charge in [-0.05, 0) is 44.9 Å². The van der Waals surface area contributed by atoms with Crippen molar-refractivity contribution in [2.45, 2.75) is 38.8 Å². The standard InChI is InChI=1S/C15H21FN2O2/c1-10(2)17-15(3,14(19)20)9-18-7-6-11-4-5-12(16)8-13(11)18/h4-5,8,10,17H,6-7,9H2,1-3H3,(H,19,20). The summed E-state index contributed by atoms with van der Waals surface area (Å²) in [6.45, 7) is 6.54. The third kappa shape index (κ3) is 2.93. The maximum absolute atomic E-state index is 13.4. The van der Waals surface area contributed by atoms with E-state index in [0.29, 0.717) is 6.54 Å². The molecule has 1 unspecified atom stereocenters. The average molecular weight is 280 g/mol. The van der Waals surface area contributed by atoms with Gasteiger partial charge in [0.1, 0.15) is 11.4 Å². The normalized spacial score (nSPS) is 17.1. The van der Waals surface area contributed by atoms with Crippen molar-refractivity contribution in [2.24, 2.45) is 0 Å². The maximum atomic E-state index is 13.4. The number of carboxylic acid groups (broad SMARTS) is 1. The lowest BCUT2D eigenvalue weighted by Gasteiger charge is -2.34. The van der Waals surface area contributed by atoms with Crippen molar-refractivity contribution in [3.63, 3.8) is 0 Å². The van der Waals surface area contributed by atoms with Crippen molar-refractivity contribution in [2.75, 3.05) is 18.0 Å². The summed E-state index contributed by atoms with van der Waals surface area (Å²) >= 11 is 0. The van der Waals surface area contributed by atoms with E-state index < -0.39 is 11.5 Å². The van der Waals surface area contributed by atoms with Crippen molar-refractivity contribution >= 4 is 11.7 Å². The predicted molar refractivity (Wildman–Crippen MR) is 76.6 cm³/mol. The van der Waals surface area contributed by atoms with Crippen LogP contribution in [-0.2, 0) is 11.2 Å². The van der Waals surface area contributed by atoms with Crippen LogP contribution in [0.5, 0.6) is 0 Å². The number of rotatable bonds is 5. The van der Waals surface area contributed by atoms with Gasteiger partial charge < -0.3 is 10.0 Å². The van der Waals surface area contributed by atoms with Gasteiger partial charge in [-0.1, -0.05) is 6.07 Å². The van der Waals surface area contributed by atoms with Crippen LogP contribution in [0.25, 0.3) is 0 Å². The van der Waals surface area contributed by atoms with Crippen molar-refractivity contribution in [3.05, 3.63) is 29.6 Å². The van der Waals surface area contributed by atoms with Crippen LogP contribution in [0, 0.1) is 5.82 Å². The SMILES string of the molecule is CC(C)NC(C)(CN1CCc2ccc(F)cc21)C(=O)O. The van der Waals surface area contributed by atoms with Crippen LogP contribution in [0.1, 0.15) is 26.3 Å². The fourth-order valence-corrected chi connectivity index (χ4v) is 2.78. The summed E-state index contributed by atoms with van der Waals surface area (Å²) in [6.07, 6.45) is 0.826. The Balaban J connectivity index is 2.22. The highest BCUT2D eigenvalue weighted by atomic mass is 19.1. The van der Waals surface area contributed by atoms with E-state index in [9.17, 15) is 14.3 Å². The zero-order valence-electron chi connectivity index (χ0n) is 12.1. The molecule has 0 spiro atoms. The lowest BCUT2D eigenvalue weighted by Crippen LogP contribution is -2.58. The zero-order chi connectivity index (χ0) is 14.9. The van der Waals surface area contributed by atoms with Gasteiger partial charge in [-0.25, -0.2) is 4.39 Å². The molecule has 1 aromatic carbocycles. The van der Waals surface area contributed by atoms with Gasteiger partial charge in [0.2, 0.25) is 0 Å². The third-order valence-corrected chi connectivity index (χ3v) is 3.63. The van der Waals surface area contributed by atoms with Gasteiger partial charge in [0.25, 0.3) is 0 Å². The molecule has 1 heterocycles. The fourth-order valence-electron chi connectivity index (χ4n) is 2.78. The molecular formula is C15H21FN2O2. The van der Waals surface area contributed by atoms with Gasteiger partial charge >= 0.3 is 5.97 Å². The molecule has 0 saturated carbocycles. The minimum absolute atomic E-state index is 0.0608. The first-order valence-corrected chi connectivity index (χ1v) is 6.86. The molecule has 0 aliphatic carbocycles. The van der Waals surface area contributed by atoms with Crippen LogP contribution >= 0.6 is 0 Å². The predicted octanol–water partition coefficient (Wildman–Crippen LogP) is 2.03. The number of carbonyl (C=O) groups is 1. The first-order valence-electron chi connectivity index (χ1n) is 6.86. The van der Waals surface area contributed by atoms with Crippen LogP contribution in [-0.4, -0.2) is 35.7 Å². The highest BCUT2D eigenvalue weighted by Crippen LogP contribution is 2.30. The largest absolute Gasteiger partial charge is 0.480 e. The summed E-state index contributed by atoms with van der Waals surface area (Å²) in [7, 11) is 0. The lowest BCUT2D eigenvalue weighted by molar-refractivity contribution is -0.144. The molecule has 4 nitrogen and oxygen atoms in total. The summed E-state index contributed by atoms with van der Waals surface area (Å²) in [5.74, 6) is -1.18. The number of halogens is 1. The molecule has 20 heavy (non-hydrogen) atoms. The van der Waals surface area contributed by atoms with E-state index in [4.69, 9.17) is 0 Å². The van der Waals surface area contributed by atoms with Crippen molar-refractivity contribution in [3.8, 4) is 0 Å². The minimum Gasteiger partial charge on any atom is -0.480 e. The van der Waals surface area contributed by atoms with Crippen LogP contribution in [0.3, 0.4) is 0 Å². The average Bonchev–Trinajstić information content (AvgIpc) is 2.70. The zero-order valence-corrected chi connectivity index (χ0v) is 12.1. The first-order chi connectivity index (χ1) is 9.32. The molecule has 1 aliphatic rings. The minimum atomic E-state index is -1.05. The first kappa shape index (κ1) is 14.8. The molecule has 0 aromatic heterocycles. The molecule has 0 saturated heterocycles. The Morgan fingerprint density at radius 2 is 2.25 bits per heavy atom. The summed E-state index contributed by atoms with van der Waals surface area (Å²) in [6, 6.07) is 4.77. The molecule has 2 rings (SSSR count). The molecule has 1 aliphatic heterocycles. The highest BCUT2D eigenvalue weighted by molar-refractivity contribution is 5.79. The Hall–Kier alpha value is -1.62. The number of benzene rings is 1. The second kappa shape index (κ2) is 5.40. The van der Waals surface area contributed by atoms with Crippen molar-refractivity contribution in [1.82, 2.24) is 5.32 Å². The Labute approximate surface area is 118 Å². The quantitative estimate of drug-likeness (QED) is 0.866. The number of hydrogen-bond acceptors (Lipinski definition) is 3. The summed E-state index contributed by atoms with van der Waals surface area (Å²) in [5.41, 5.74) is 0.828. The Bertz CT molecular complexity index is 519. The van der Waals surface area contributed by atoms with Crippen LogP contribution < -0.4 is 10.2 Å². The van der Waals surface area contributed by atoms with Crippen LogP contribution in [0.2, 0.25) is 0 Å². The number of fused-ring (bicyclic) bond motifs is 1. The molecule has 0 fully saturated rings. The van der Waals surface area contributed by atoms with Gasteiger partial charge in [-0.15, -0.1) is 0 Å². The van der Waals surface area contributed by atoms with Crippen molar-refractivity contribution < 1.29 is 14.3 Å². The van der Waals surface area contributed by atoms with Gasteiger partial charge in [0.05, 0.1) is 0 Å². The molecule has 1 aromatic rings. The Morgan fingerprint density at radius 1 is 1.55 bits per heavy atom. The molecule has 2 N–H and O–H groups in total. The van der Waals surface area contributed by atoms with Gasteiger partial charge in [-0.2, -0.15) is 0 Å². The number of nitrogens with zero attached hydrogens (tertiary/aromatic N) is 1. The van der Waals surface area contributed by atoms with Crippen LogP contribution in [0.15, 0.2) is 18.2 Å². The number of carboxylic acids is 1. The molecule has 1 atom stereocenters. The second-order valence-electron chi connectivity index (χ2n) is 5.88. The summed E-state index contributed by atoms with van der Waals surface area (Å²) < 4.78 is 13.4. The summed E-state index contributed by atoms with van der Waals surface area (Å²) in [5, 5.41) is 12.6. The van der Waals surface area contributed by atoms with E-state index in [0.717, 1.165) is 24.2 Å². The monoisotopic (exact) mass is 280 g/mol. The van der Waals surface area contributed by atoms with Gasteiger partial charge in [-0.3, -0.25) is 10.1 Å². The van der Waals surface area contributed by atoms with E-state index >= 15 is 0 Å². The molecule has 110 valence electrons. The van der Waals surface area contributed by atoms with E-state index in [1.54, 1.807) is 13.0 Å². The van der Waals surface area contributed by atoms with E-state index in [-0.39, 0.29) is 11.9 Å². The van der Waals surface area contributed by atoms with Gasteiger partial charge in [0, 0.05) is 24.8 Å². The lowest BCUT2D eigenvalue weighted by atomic mass is 10.0. The second-order valence-corrected chi connectivity index (χ2v) is 5.88. The molecular weight excluding hydrogens is 259 g/mol. The van der Waals surface area contributed by atoms with E-state index in [1.165, 1.54) is 12.1 Å². The van der Waals surface area contributed by atoms with Gasteiger partial charge in [0.15, 0.2) is 0 Å². The Morgan fingerprint density at radius 3 is 2.85 bits per heavy atom. The number of hydrogen-bond donors (Lipinski definition) is 2. The highest BCUT2D eigenvalue weighted by Gasteiger charge is 2.37. The van der Waals surface area contributed by atoms with Crippen LogP contribution in [0.4, 0.5) is 10.1 Å². The smallest absolute Gasteiger partial charge is 0.325 e. The molecule has 0 radical (unpaired) electrons. The number of aliphatic carboxylic acids is 1. The molecule has 0 bridgehead atoms. The van der Waals surface area contributed by atoms with E-state index in [2.05, 4.69) is 5.32 Å². The topological polar surface area (TPSA) is 52.6 Å². The number of anilines is 1. The Kier molecular flexibility index (Phi) is 3.99. The number of nitrogens with one attached hydrogen (secondary N) is 1. The van der Waals surface area contributed by atoms with Crippen molar-refractivity contribution in [1.29, 1.82) is 0 Å². The maximum Gasteiger partial charge on any atom is 0.325 e. The fraction of sp³-hybridized carbons (Fsp3) is 0.533. The molecule has 0 amide bonds. The van der Waals surface area contributed by atoms with E-state index in [1.807, 2.05) is 18.7 Å². The summed E-state index contributed by atoms with van der Waals surface area (Å²) in [4.78, 5) is 13.5. The molecule has 5 heteroatoms. The third-order valence-electron chi connectivity index (χ3n) is 3.63.